The van der Waals surface area contributed by atoms with Crippen LogP contribution < -0.4 is 8.91 Å². The minimum atomic E-state index is -4.27. The lowest BCUT2D eigenvalue weighted by Gasteiger charge is -2.19. The smallest absolute Gasteiger partial charge is 0.366 e. The summed E-state index contributed by atoms with van der Waals surface area (Å²) in [5, 5.41) is 0. The summed E-state index contributed by atoms with van der Waals surface area (Å²) in [6, 6.07) is 15.0. The average Bonchev–Trinajstić information content (AvgIpc) is 2.61. The van der Waals surface area contributed by atoms with Crippen molar-refractivity contribution < 1.29 is 17.4 Å². The Morgan fingerprint density at radius 2 is 1.54 bits per heavy atom. The van der Waals surface area contributed by atoms with Gasteiger partial charge in [0.05, 0.1) is 0 Å². The molecule has 1 amide bonds. The summed E-state index contributed by atoms with van der Waals surface area (Å²) >= 11 is 0. The molecule has 0 radical (unpaired) electrons. The molecular formula is C22H27NO4S. The number of benzene rings is 2. The summed E-state index contributed by atoms with van der Waals surface area (Å²) in [6.07, 6.45) is 3.31. The Labute approximate surface area is 167 Å². The molecule has 1 N–H and O–H groups in total. The highest BCUT2D eigenvalue weighted by Crippen LogP contribution is 2.35. The molecule has 5 nitrogen and oxygen atoms in total. The Balaban J connectivity index is 2.11. The third-order valence-electron chi connectivity index (χ3n) is 4.16. The topological polar surface area (TPSA) is 72.5 Å². The van der Waals surface area contributed by atoms with E-state index in [0.29, 0.717) is 5.75 Å². The summed E-state index contributed by atoms with van der Waals surface area (Å²) in [5.74, 6) is -0.199. The van der Waals surface area contributed by atoms with E-state index in [1.165, 1.54) is 0 Å². The normalized spacial score (nSPS) is 11.9. The maximum atomic E-state index is 12.4. The molecule has 0 atom stereocenters. The Kier molecular flexibility index (Phi) is 7.40. The number of hydrogen-bond acceptors (Lipinski definition) is 4. The molecule has 0 spiro atoms. The lowest BCUT2D eigenvalue weighted by Crippen LogP contribution is -2.34. The van der Waals surface area contributed by atoms with E-state index in [9.17, 15) is 13.2 Å². The fourth-order valence-electron chi connectivity index (χ4n) is 2.76. The first-order valence-electron chi connectivity index (χ1n) is 9.29. The fraction of sp³-hybridized carbons (Fsp3) is 0.318. The van der Waals surface area contributed by atoms with Crippen molar-refractivity contribution in [3.8, 4) is 5.75 Å². The molecule has 0 fully saturated rings. The van der Waals surface area contributed by atoms with Crippen LogP contribution in [0.3, 0.4) is 0 Å². The van der Waals surface area contributed by atoms with E-state index in [0.717, 1.165) is 16.7 Å². The minimum Gasteiger partial charge on any atom is -0.366 e. The van der Waals surface area contributed by atoms with Gasteiger partial charge in [-0.2, -0.15) is 8.42 Å². The zero-order valence-electron chi connectivity index (χ0n) is 16.7. The largest absolute Gasteiger partial charge is 0.409 e. The molecule has 0 unspecified atom stereocenters. The molecule has 0 aromatic heterocycles. The maximum absolute atomic E-state index is 12.4. The first-order valence-corrected chi connectivity index (χ1v) is 10.7. The number of para-hydroxylation sites is 1. The van der Waals surface area contributed by atoms with Crippen LogP contribution in [0.5, 0.6) is 5.75 Å². The van der Waals surface area contributed by atoms with Gasteiger partial charge in [0.2, 0.25) is 5.91 Å². The molecule has 2 aromatic carbocycles. The van der Waals surface area contributed by atoms with Crippen LogP contribution in [-0.4, -0.2) is 14.3 Å². The Morgan fingerprint density at radius 1 is 0.964 bits per heavy atom. The van der Waals surface area contributed by atoms with Crippen LogP contribution >= 0.6 is 0 Å². The summed E-state index contributed by atoms with van der Waals surface area (Å²) < 4.78 is 32.2. The zero-order chi connectivity index (χ0) is 20.7. The second-order valence-electron chi connectivity index (χ2n) is 7.15. The van der Waals surface area contributed by atoms with Gasteiger partial charge < -0.3 is 4.18 Å². The predicted molar refractivity (Wildman–Crippen MR) is 112 cm³/mol. The van der Waals surface area contributed by atoms with Crippen molar-refractivity contribution >= 4 is 22.3 Å². The highest BCUT2D eigenvalue weighted by atomic mass is 32.2. The number of hydrogen-bond donors (Lipinski definition) is 1. The fourth-order valence-corrected chi connectivity index (χ4v) is 3.57. The minimum absolute atomic E-state index is 0.0691. The SMILES string of the molecule is CC(C)c1cccc(C(C)C)c1OS(=O)(=O)NC(=O)C/C=C/c1ccccc1. The Hall–Kier alpha value is -2.60. The van der Waals surface area contributed by atoms with Gasteiger partial charge in [-0.25, -0.2) is 4.72 Å². The lowest BCUT2D eigenvalue weighted by atomic mass is 9.94. The number of rotatable bonds is 8. The quantitative estimate of drug-likeness (QED) is 0.691. The van der Waals surface area contributed by atoms with Gasteiger partial charge in [0, 0.05) is 6.42 Å². The van der Waals surface area contributed by atoms with E-state index in [1.807, 2.05) is 80.9 Å². The number of carbonyl (C=O) groups is 1. The van der Waals surface area contributed by atoms with Crippen molar-refractivity contribution in [2.24, 2.45) is 0 Å². The van der Waals surface area contributed by atoms with E-state index in [4.69, 9.17) is 4.18 Å². The molecule has 0 saturated carbocycles. The average molecular weight is 402 g/mol. The highest BCUT2D eigenvalue weighted by molar-refractivity contribution is 7.85. The van der Waals surface area contributed by atoms with Gasteiger partial charge in [0.1, 0.15) is 0 Å². The third kappa shape index (κ3) is 6.23. The molecule has 150 valence electrons. The summed E-state index contributed by atoms with van der Waals surface area (Å²) in [5.41, 5.74) is 2.50. The monoisotopic (exact) mass is 401 g/mol. The summed E-state index contributed by atoms with van der Waals surface area (Å²) in [6.45, 7) is 7.86. The first kappa shape index (κ1) is 21.7. The molecule has 2 aromatic rings. The van der Waals surface area contributed by atoms with Crippen LogP contribution in [0.1, 0.15) is 62.6 Å². The van der Waals surface area contributed by atoms with Gasteiger partial charge in [0.25, 0.3) is 0 Å². The van der Waals surface area contributed by atoms with E-state index >= 15 is 0 Å². The molecular weight excluding hydrogens is 374 g/mol. The predicted octanol–water partition coefficient (Wildman–Crippen LogP) is 4.78. The van der Waals surface area contributed by atoms with Gasteiger partial charge in [-0.05, 0) is 28.5 Å². The molecule has 0 aliphatic heterocycles. The van der Waals surface area contributed by atoms with Crippen LogP contribution in [0.15, 0.2) is 54.6 Å². The van der Waals surface area contributed by atoms with Crippen molar-refractivity contribution in [1.29, 1.82) is 0 Å². The van der Waals surface area contributed by atoms with Crippen molar-refractivity contribution in [2.75, 3.05) is 0 Å². The van der Waals surface area contributed by atoms with Crippen molar-refractivity contribution in [3.05, 3.63) is 71.3 Å². The standard InChI is InChI=1S/C22H27NO4S/c1-16(2)19-13-9-14-20(17(3)4)22(19)27-28(25,26)23-21(24)15-8-12-18-10-6-5-7-11-18/h5-14,16-17H,15H2,1-4H3,(H,23,24)/b12-8+. The molecule has 0 aliphatic carbocycles. The van der Waals surface area contributed by atoms with Crippen LogP contribution in [-0.2, 0) is 15.1 Å². The van der Waals surface area contributed by atoms with Gasteiger partial charge in [-0.3, -0.25) is 4.79 Å². The van der Waals surface area contributed by atoms with Gasteiger partial charge in [0.15, 0.2) is 5.75 Å². The summed E-state index contributed by atoms with van der Waals surface area (Å²) in [7, 11) is -4.27. The van der Waals surface area contributed by atoms with Crippen LogP contribution in [0.2, 0.25) is 0 Å². The van der Waals surface area contributed by atoms with Crippen LogP contribution in [0, 0.1) is 0 Å². The van der Waals surface area contributed by atoms with Crippen molar-refractivity contribution in [1.82, 2.24) is 4.72 Å². The van der Waals surface area contributed by atoms with E-state index < -0.39 is 16.2 Å². The van der Waals surface area contributed by atoms with Gasteiger partial charge in [-0.1, -0.05) is 88.4 Å². The second-order valence-corrected chi connectivity index (χ2v) is 8.43. The molecule has 0 heterocycles. The molecule has 28 heavy (non-hydrogen) atoms. The zero-order valence-corrected chi connectivity index (χ0v) is 17.5. The molecule has 2 rings (SSSR count). The van der Waals surface area contributed by atoms with Crippen LogP contribution in [0.4, 0.5) is 0 Å². The van der Waals surface area contributed by atoms with E-state index in [-0.39, 0.29) is 18.3 Å². The highest BCUT2D eigenvalue weighted by Gasteiger charge is 2.22. The molecule has 0 saturated heterocycles. The second kappa shape index (κ2) is 9.55. The number of nitrogens with one attached hydrogen (secondary N) is 1. The van der Waals surface area contributed by atoms with Gasteiger partial charge in [-0.15, -0.1) is 0 Å². The Bertz CT molecular complexity index is 906. The Morgan fingerprint density at radius 3 is 2.07 bits per heavy atom. The van der Waals surface area contributed by atoms with Crippen LogP contribution in [0.25, 0.3) is 6.08 Å². The third-order valence-corrected chi connectivity index (χ3v) is 5.03. The molecule has 0 aliphatic rings. The van der Waals surface area contributed by atoms with Crippen molar-refractivity contribution in [3.63, 3.8) is 0 Å². The number of carbonyl (C=O) groups excluding carboxylic acids is 1. The molecule has 6 heteroatoms. The maximum Gasteiger partial charge on any atom is 0.409 e. The number of amides is 1. The summed E-state index contributed by atoms with van der Waals surface area (Å²) in [4.78, 5) is 12.1. The molecule has 0 bridgehead atoms. The lowest BCUT2D eigenvalue weighted by molar-refractivity contribution is -0.118. The van der Waals surface area contributed by atoms with E-state index in [1.54, 1.807) is 12.2 Å². The van der Waals surface area contributed by atoms with Crippen molar-refractivity contribution in [2.45, 2.75) is 46.0 Å². The first-order chi connectivity index (χ1) is 13.2. The van der Waals surface area contributed by atoms with E-state index in [2.05, 4.69) is 0 Å². The van der Waals surface area contributed by atoms with Gasteiger partial charge >= 0.3 is 10.3 Å².